The van der Waals surface area contributed by atoms with Gasteiger partial charge in [-0.1, -0.05) is 17.3 Å². The molecular formula is C20H17N3O5. The van der Waals surface area contributed by atoms with Crippen molar-refractivity contribution in [1.82, 2.24) is 15.0 Å². The Morgan fingerprint density at radius 3 is 2.21 bits per heavy atom. The van der Waals surface area contributed by atoms with Crippen LogP contribution in [0.25, 0.3) is 11.4 Å². The van der Waals surface area contributed by atoms with Gasteiger partial charge in [0.15, 0.2) is 11.5 Å². The number of imide groups is 1. The summed E-state index contributed by atoms with van der Waals surface area (Å²) in [4.78, 5) is 30.8. The van der Waals surface area contributed by atoms with Gasteiger partial charge in [0.05, 0.1) is 25.3 Å². The molecule has 1 atom stereocenters. The minimum Gasteiger partial charge on any atom is -0.493 e. The van der Waals surface area contributed by atoms with Gasteiger partial charge in [0.2, 0.25) is 11.7 Å². The SMILES string of the molecule is COc1ccc(-c2noc([C@@H](C)N3C(=O)c4ccccc4C3=O)n2)cc1OC. The predicted molar refractivity (Wildman–Crippen MR) is 98.2 cm³/mol. The number of benzene rings is 2. The van der Waals surface area contributed by atoms with Gasteiger partial charge < -0.3 is 14.0 Å². The molecule has 28 heavy (non-hydrogen) atoms. The molecule has 142 valence electrons. The first kappa shape index (κ1) is 17.7. The van der Waals surface area contributed by atoms with Crippen molar-refractivity contribution in [2.24, 2.45) is 0 Å². The van der Waals surface area contributed by atoms with Crippen molar-refractivity contribution in [2.45, 2.75) is 13.0 Å². The number of amides is 2. The van der Waals surface area contributed by atoms with Crippen molar-refractivity contribution in [3.05, 3.63) is 59.5 Å². The normalized spacial score (nSPS) is 14.2. The van der Waals surface area contributed by atoms with Crippen LogP contribution in [0, 0.1) is 0 Å². The summed E-state index contributed by atoms with van der Waals surface area (Å²) in [5, 5.41) is 3.98. The van der Waals surface area contributed by atoms with Crippen LogP contribution >= 0.6 is 0 Å². The third kappa shape index (κ3) is 2.70. The number of methoxy groups -OCH3 is 2. The molecule has 0 saturated heterocycles. The lowest BCUT2D eigenvalue weighted by Crippen LogP contribution is -2.32. The molecule has 8 nitrogen and oxygen atoms in total. The zero-order chi connectivity index (χ0) is 19.8. The monoisotopic (exact) mass is 379 g/mol. The first-order valence-electron chi connectivity index (χ1n) is 8.58. The standard InChI is InChI=1S/C20H17N3O5/c1-11(23-19(24)13-6-4-5-7-14(13)20(23)25)18-21-17(22-28-18)12-8-9-15(26-2)16(10-12)27-3/h4-11H,1-3H3/t11-/m1/s1. The van der Waals surface area contributed by atoms with Crippen LogP contribution in [0.3, 0.4) is 0 Å². The number of carbonyl (C=O) groups is 2. The second-order valence-electron chi connectivity index (χ2n) is 6.23. The number of aromatic nitrogens is 2. The van der Waals surface area contributed by atoms with Gasteiger partial charge in [0.25, 0.3) is 11.8 Å². The fraction of sp³-hybridized carbons (Fsp3) is 0.200. The van der Waals surface area contributed by atoms with E-state index in [2.05, 4.69) is 10.1 Å². The summed E-state index contributed by atoms with van der Waals surface area (Å²) in [5.41, 5.74) is 1.40. The number of rotatable bonds is 5. The van der Waals surface area contributed by atoms with Crippen molar-refractivity contribution in [3.8, 4) is 22.9 Å². The van der Waals surface area contributed by atoms with E-state index in [0.29, 0.717) is 34.0 Å². The third-order valence-electron chi connectivity index (χ3n) is 4.65. The Morgan fingerprint density at radius 2 is 1.61 bits per heavy atom. The zero-order valence-corrected chi connectivity index (χ0v) is 15.5. The van der Waals surface area contributed by atoms with Crippen LogP contribution in [-0.2, 0) is 0 Å². The molecule has 8 heteroatoms. The highest BCUT2D eigenvalue weighted by Crippen LogP contribution is 2.33. The molecule has 2 amide bonds. The van der Waals surface area contributed by atoms with E-state index in [1.165, 1.54) is 7.11 Å². The fourth-order valence-electron chi connectivity index (χ4n) is 3.17. The average molecular weight is 379 g/mol. The summed E-state index contributed by atoms with van der Waals surface area (Å²) in [6.45, 7) is 1.67. The summed E-state index contributed by atoms with van der Waals surface area (Å²) in [6, 6.07) is 11.2. The van der Waals surface area contributed by atoms with E-state index < -0.39 is 6.04 Å². The Bertz CT molecular complexity index is 1040. The quantitative estimate of drug-likeness (QED) is 0.629. The molecule has 1 aliphatic heterocycles. The third-order valence-corrected chi connectivity index (χ3v) is 4.65. The molecule has 1 aliphatic rings. The smallest absolute Gasteiger partial charge is 0.262 e. The molecule has 0 unspecified atom stereocenters. The number of ether oxygens (including phenoxy) is 2. The van der Waals surface area contributed by atoms with Crippen LogP contribution in [0.1, 0.15) is 39.6 Å². The van der Waals surface area contributed by atoms with Crippen LogP contribution < -0.4 is 9.47 Å². The summed E-state index contributed by atoms with van der Waals surface area (Å²) >= 11 is 0. The minimum atomic E-state index is -0.700. The van der Waals surface area contributed by atoms with Gasteiger partial charge in [-0.25, -0.2) is 0 Å². The summed E-state index contributed by atoms with van der Waals surface area (Å²) in [7, 11) is 3.08. The summed E-state index contributed by atoms with van der Waals surface area (Å²) in [6.07, 6.45) is 0. The number of fused-ring (bicyclic) bond motifs is 1. The van der Waals surface area contributed by atoms with Gasteiger partial charge in [-0.2, -0.15) is 4.98 Å². The number of nitrogens with zero attached hydrogens (tertiary/aromatic N) is 3. The van der Waals surface area contributed by atoms with Crippen molar-refractivity contribution in [1.29, 1.82) is 0 Å². The molecule has 0 spiro atoms. The molecule has 0 radical (unpaired) electrons. The molecular weight excluding hydrogens is 362 g/mol. The molecule has 1 aromatic heterocycles. The van der Waals surface area contributed by atoms with E-state index >= 15 is 0 Å². The average Bonchev–Trinajstić information content (AvgIpc) is 3.31. The largest absolute Gasteiger partial charge is 0.493 e. The maximum Gasteiger partial charge on any atom is 0.262 e. The van der Waals surface area contributed by atoms with Crippen LogP contribution in [0.5, 0.6) is 11.5 Å². The molecule has 0 bridgehead atoms. The highest BCUT2D eigenvalue weighted by Gasteiger charge is 2.40. The van der Waals surface area contributed by atoms with Crippen LogP contribution in [-0.4, -0.2) is 41.1 Å². The number of carbonyl (C=O) groups excluding carboxylic acids is 2. The molecule has 0 saturated carbocycles. The van der Waals surface area contributed by atoms with Crippen molar-refractivity contribution in [3.63, 3.8) is 0 Å². The second kappa shape index (κ2) is 6.80. The van der Waals surface area contributed by atoms with E-state index in [9.17, 15) is 9.59 Å². The second-order valence-corrected chi connectivity index (χ2v) is 6.23. The van der Waals surface area contributed by atoms with Gasteiger partial charge in [-0.3, -0.25) is 14.5 Å². The zero-order valence-electron chi connectivity index (χ0n) is 15.5. The summed E-state index contributed by atoms with van der Waals surface area (Å²) in [5.74, 6) is 0.839. The first-order valence-corrected chi connectivity index (χ1v) is 8.58. The summed E-state index contributed by atoms with van der Waals surface area (Å²) < 4.78 is 15.9. The fourth-order valence-corrected chi connectivity index (χ4v) is 3.17. The van der Waals surface area contributed by atoms with E-state index in [4.69, 9.17) is 14.0 Å². The van der Waals surface area contributed by atoms with E-state index in [0.717, 1.165) is 4.90 Å². The van der Waals surface area contributed by atoms with E-state index in [1.807, 2.05) is 0 Å². The lowest BCUT2D eigenvalue weighted by molar-refractivity contribution is 0.0568. The molecule has 2 heterocycles. The Morgan fingerprint density at radius 1 is 0.964 bits per heavy atom. The predicted octanol–water partition coefficient (Wildman–Crippen LogP) is 3.11. The van der Waals surface area contributed by atoms with Crippen molar-refractivity contribution >= 4 is 11.8 Å². The van der Waals surface area contributed by atoms with Crippen LogP contribution in [0.2, 0.25) is 0 Å². The molecule has 0 fully saturated rings. The van der Waals surface area contributed by atoms with Gasteiger partial charge in [-0.05, 0) is 37.3 Å². The Hall–Kier alpha value is -3.68. The molecule has 3 aromatic rings. The Kier molecular flexibility index (Phi) is 4.31. The maximum absolute atomic E-state index is 12.6. The number of hydrogen-bond acceptors (Lipinski definition) is 7. The Balaban J connectivity index is 1.63. The number of hydrogen-bond donors (Lipinski definition) is 0. The molecule has 0 aliphatic carbocycles. The highest BCUT2D eigenvalue weighted by molar-refractivity contribution is 6.21. The first-order chi connectivity index (χ1) is 13.5. The van der Waals surface area contributed by atoms with Gasteiger partial charge in [0.1, 0.15) is 6.04 Å². The minimum absolute atomic E-state index is 0.166. The Labute approximate surface area is 160 Å². The van der Waals surface area contributed by atoms with Gasteiger partial charge in [0, 0.05) is 5.56 Å². The topological polar surface area (TPSA) is 94.8 Å². The molecule has 0 N–H and O–H groups in total. The molecule has 2 aromatic carbocycles. The van der Waals surface area contributed by atoms with Gasteiger partial charge in [-0.15, -0.1) is 0 Å². The lowest BCUT2D eigenvalue weighted by Gasteiger charge is -2.18. The maximum atomic E-state index is 12.6. The van der Waals surface area contributed by atoms with Crippen molar-refractivity contribution < 1.29 is 23.6 Å². The molecule has 4 rings (SSSR count). The van der Waals surface area contributed by atoms with E-state index in [1.54, 1.807) is 56.5 Å². The van der Waals surface area contributed by atoms with Crippen LogP contribution in [0.15, 0.2) is 47.0 Å². The van der Waals surface area contributed by atoms with Gasteiger partial charge >= 0.3 is 0 Å². The van der Waals surface area contributed by atoms with Crippen molar-refractivity contribution in [2.75, 3.05) is 14.2 Å². The van der Waals surface area contributed by atoms with Crippen LogP contribution in [0.4, 0.5) is 0 Å². The van der Waals surface area contributed by atoms with E-state index in [-0.39, 0.29) is 17.7 Å². The lowest BCUT2D eigenvalue weighted by atomic mass is 10.1. The highest BCUT2D eigenvalue weighted by atomic mass is 16.5.